The number of halogens is 2. The molecule has 0 aliphatic rings. The van der Waals surface area contributed by atoms with Crippen molar-refractivity contribution >= 4 is 29.1 Å². The molecular weight excluding hydrogens is 451 g/mol. The molecule has 0 N–H and O–H groups in total. The molecule has 0 aliphatic heterocycles. The number of carbonyl (C=O) groups excluding carboxylic acids is 1. The first-order valence-corrected chi connectivity index (χ1v) is 11.2. The molecule has 0 unspecified atom stereocenters. The van der Waals surface area contributed by atoms with Gasteiger partial charge in [0.05, 0.1) is 16.4 Å². The van der Waals surface area contributed by atoms with Crippen molar-refractivity contribution in [2.75, 3.05) is 0 Å². The Morgan fingerprint density at radius 3 is 1.88 bits per heavy atom. The lowest BCUT2D eigenvalue weighted by molar-refractivity contribution is 0.0963. The minimum atomic E-state index is -0.213. The molecule has 5 heteroatoms. The number of rotatable bonds is 4. The van der Waals surface area contributed by atoms with Crippen LogP contribution in [0, 0.1) is 0 Å². The van der Waals surface area contributed by atoms with Gasteiger partial charge in [-0.2, -0.15) is 0 Å². The maximum Gasteiger partial charge on any atom is 0.264 e. The minimum absolute atomic E-state index is 0.213. The quantitative estimate of drug-likeness (QED) is 0.268. The normalized spacial score (nSPS) is 10.8. The molecule has 3 nitrogen and oxygen atoms in total. The van der Waals surface area contributed by atoms with Gasteiger partial charge >= 0.3 is 0 Å². The van der Waals surface area contributed by atoms with Crippen molar-refractivity contribution in [3.05, 3.63) is 125 Å². The molecular formula is C28H18Cl2N2O. The lowest BCUT2D eigenvalue weighted by Crippen LogP contribution is -2.15. The maximum atomic E-state index is 13.9. The van der Waals surface area contributed by atoms with Crippen molar-refractivity contribution < 1.29 is 4.79 Å². The molecule has 4 aromatic carbocycles. The fraction of sp³-hybridized carbons (Fsp3) is 0. The Labute approximate surface area is 201 Å². The van der Waals surface area contributed by atoms with Gasteiger partial charge in [-0.15, -0.1) is 0 Å². The summed E-state index contributed by atoms with van der Waals surface area (Å²) in [6, 6.07) is 33.9. The molecule has 0 saturated carbocycles. The second kappa shape index (κ2) is 9.07. The van der Waals surface area contributed by atoms with Crippen molar-refractivity contribution in [1.29, 1.82) is 0 Å². The van der Waals surface area contributed by atoms with Crippen LogP contribution in [-0.4, -0.2) is 15.5 Å². The van der Waals surface area contributed by atoms with Gasteiger partial charge in [-0.05, 0) is 36.4 Å². The van der Waals surface area contributed by atoms with Crippen molar-refractivity contribution in [1.82, 2.24) is 9.55 Å². The van der Waals surface area contributed by atoms with E-state index in [4.69, 9.17) is 28.2 Å². The van der Waals surface area contributed by atoms with Gasteiger partial charge in [0.1, 0.15) is 5.82 Å². The Balaban J connectivity index is 1.86. The first-order chi connectivity index (χ1) is 16.1. The fourth-order valence-corrected chi connectivity index (χ4v) is 4.17. The van der Waals surface area contributed by atoms with Gasteiger partial charge in [0.2, 0.25) is 0 Å². The van der Waals surface area contributed by atoms with E-state index >= 15 is 0 Å². The van der Waals surface area contributed by atoms with Crippen LogP contribution in [0.1, 0.15) is 10.4 Å². The average molecular weight is 469 g/mol. The number of aromatic nitrogens is 2. The van der Waals surface area contributed by atoms with Gasteiger partial charge in [0.25, 0.3) is 5.91 Å². The molecule has 5 aromatic rings. The number of carbonyl (C=O) groups is 1. The molecule has 0 saturated heterocycles. The zero-order chi connectivity index (χ0) is 22.8. The van der Waals surface area contributed by atoms with E-state index in [2.05, 4.69) is 0 Å². The fourth-order valence-electron chi connectivity index (χ4n) is 3.82. The number of hydrogen-bond donors (Lipinski definition) is 0. The summed E-state index contributed by atoms with van der Waals surface area (Å²) < 4.78 is 1.65. The van der Waals surface area contributed by atoms with E-state index in [1.54, 1.807) is 34.9 Å². The third kappa shape index (κ3) is 4.09. The second-order valence-electron chi connectivity index (χ2n) is 7.49. The predicted octanol–water partition coefficient (Wildman–Crippen LogP) is 7.88. The molecule has 1 heterocycles. The molecule has 0 amide bonds. The third-order valence-electron chi connectivity index (χ3n) is 5.38. The molecule has 33 heavy (non-hydrogen) atoms. The Morgan fingerprint density at radius 2 is 1.24 bits per heavy atom. The van der Waals surface area contributed by atoms with E-state index in [0.717, 1.165) is 11.1 Å². The standard InChI is InChI=1S/C28H18Cl2N2O/c29-22-17-15-21(16-18-22)28(33)32-26(20-11-5-2-6-12-20)25(19-9-3-1-4-10-19)31-27(32)23-13-7-8-14-24(23)30/h1-18H. The van der Waals surface area contributed by atoms with E-state index in [-0.39, 0.29) is 5.91 Å². The minimum Gasteiger partial charge on any atom is -0.268 e. The van der Waals surface area contributed by atoms with Crippen LogP contribution in [0.15, 0.2) is 109 Å². The Morgan fingerprint density at radius 1 is 0.667 bits per heavy atom. The molecule has 0 spiro atoms. The van der Waals surface area contributed by atoms with Crippen LogP contribution in [0.2, 0.25) is 10.0 Å². The highest BCUT2D eigenvalue weighted by Gasteiger charge is 2.26. The third-order valence-corrected chi connectivity index (χ3v) is 5.96. The molecule has 0 atom stereocenters. The van der Waals surface area contributed by atoms with Gasteiger partial charge in [0.15, 0.2) is 0 Å². The molecule has 1 aromatic heterocycles. The van der Waals surface area contributed by atoms with Gasteiger partial charge in [0, 0.05) is 27.3 Å². The topological polar surface area (TPSA) is 34.9 Å². The van der Waals surface area contributed by atoms with Crippen LogP contribution in [0.3, 0.4) is 0 Å². The summed E-state index contributed by atoms with van der Waals surface area (Å²) in [6.07, 6.45) is 0. The Bertz CT molecular complexity index is 1430. The van der Waals surface area contributed by atoms with Crippen LogP contribution < -0.4 is 0 Å². The smallest absolute Gasteiger partial charge is 0.264 e. The van der Waals surface area contributed by atoms with Gasteiger partial charge in [-0.3, -0.25) is 9.36 Å². The maximum absolute atomic E-state index is 13.9. The Hall–Kier alpha value is -3.66. The van der Waals surface area contributed by atoms with Crippen LogP contribution in [-0.2, 0) is 0 Å². The number of hydrogen-bond acceptors (Lipinski definition) is 2. The lowest BCUT2D eigenvalue weighted by atomic mass is 10.0. The van der Waals surface area contributed by atoms with Crippen molar-refractivity contribution in [3.8, 4) is 33.9 Å². The second-order valence-corrected chi connectivity index (χ2v) is 8.34. The molecule has 0 bridgehead atoms. The zero-order valence-corrected chi connectivity index (χ0v) is 19.0. The zero-order valence-electron chi connectivity index (χ0n) is 17.5. The molecule has 0 fully saturated rings. The van der Waals surface area contributed by atoms with Gasteiger partial charge in [-0.25, -0.2) is 4.98 Å². The SMILES string of the molecule is O=C(c1ccc(Cl)cc1)n1c(-c2ccccc2Cl)nc(-c2ccccc2)c1-c1ccccc1. The molecule has 5 rings (SSSR count). The van der Waals surface area contributed by atoms with Gasteiger partial charge < -0.3 is 0 Å². The summed E-state index contributed by atoms with van der Waals surface area (Å²) in [4.78, 5) is 18.9. The molecule has 0 aliphatic carbocycles. The highest BCUT2D eigenvalue weighted by atomic mass is 35.5. The lowest BCUT2D eigenvalue weighted by Gasteiger charge is -2.13. The molecule has 0 radical (unpaired) electrons. The molecule has 160 valence electrons. The van der Waals surface area contributed by atoms with E-state index in [9.17, 15) is 4.79 Å². The van der Waals surface area contributed by atoms with Crippen LogP contribution >= 0.6 is 23.2 Å². The van der Waals surface area contributed by atoms with E-state index in [1.807, 2.05) is 78.9 Å². The number of nitrogens with zero attached hydrogens (tertiary/aromatic N) is 2. The Kier molecular flexibility index (Phi) is 5.82. The summed E-state index contributed by atoms with van der Waals surface area (Å²) in [6.45, 7) is 0. The van der Waals surface area contributed by atoms with Crippen LogP contribution in [0.5, 0.6) is 0 Å². The van der Waals surface area contributed by atoms with Crippen molar-refractivity contribution in [3.63, 3.8) is 0 Å². The van der Waals surface area contributed by atoms with Gasteiger partial charge in [-0.1, -0.05) is 96.0 Å². The summed E-state index contributed by atoms with van der Waals surface area (Å²) in [5.74, 6) is 0.272. The highest BCUT2D eigenvalue weighted by Crippen LogP contribution is 2.38. The predicted molar refractivity (Wildman–Crippen MR) is 135 cm³/mol. The first-order valence-electron chi connectivity index (χ1n) is 10.4. The number of benzene rings is 4. The van der Waals surface area contributed by atoms with Crippen molar-refractivity contribution in [2.24, 2.45) is 0 Å². The summed E-state index contributed by atoms with van der Waals surface area (Å²) in [5, 5.41) is 1.09. The van der Waals surface area contributed by atoms with Crippen molar-refractivity contribution in [2.45, 2.75) is 0 Å². The number of imidazole rings is 1. The van der Waals surface area contributed by atoms with E-state index in [0.29, 0.717) is 38.4 Å². The highest BCUT2D eigenvalue weighted by molar-refractivity contribution is 6.33. The average Bonchev–Trinajstić information content (AvgIpc) is 3.26. The largest absolute Gasteiger partial charge is 0.268 e. The van der Waals surface area contributed by atoms with E-state index in [1.165, 1.54) is 0 Å². The van der Waals surface area contributed by atoms with E-state index < -0.39 is 0 Å². The van der Waals surface area contributed by atoms with Crippen LogP contribution in [0.4, 0.5) is 0 Å². The summed E-state index contributed by atoms with van der Waals surface area (Å²) in [5.41, 5.74) is 4.38. The monoisotopic (exact) mass is 468 g/mol. The van der Waals surface area contributed by atoms with Crippen LogP contribution in [0.25, 0.3) is 33.9 Å². The summed E-state index contributed by atoms with van der Waals surface area (Å²) in [7, 11) is 0. The summed E-state index contributed by atoms with van der Waals surface area (Å²) >= 11 is 12.6. The first kappa shape index (κ1) is 21.2.